The van der Waals surface area contributed by atoms with Gasteiger partial charge in [-0.2, -0.15) is 5.10 Å². The number of para-hydroxylation sites is 1. The average molecular weight is 502 g/mol. The lowest BCUT2D eigenvalue weighted by Gasteiger charge is -2.08. The van der Waals surface area contributed by atoms with Gasteiger partial charge in [0.1, 0.15) is 18.1 Å². The molecule has 9 heteroatoms. The third kappa shape index (κ3) is 5.15. The molecule has 0 radical (unpaired) electrons. The zero-order valence-electron chi connectivity index (χ0n) is 16.5. The van der Waals surface area contributed by atoms with Crippen LogP contribution in [0, 0.1) is 6.92 Å². The molecule has 1 amide bonds. The molecule has 0 aliphatic heterocycles. The van der Waals surface area contributed by atoms with Crippen molar-refractivity contribution in [3.63, 3.8) is 0 Å². The Hall–Kier alpha value is -3.10. The highest BCUT2D eigenvalue weighted by Crippen LogP contribution is 2.25. The summed E-state index contributed by atoms with van der Waals surface area (Å²) in [7, 11) is 0. The summed E-state index contributed by atoms with van der Waals surface area (Å²) < 4.78 is 13.7. The molecule has 2 aromatic heterocycles. The average Bonchev–Trinajstić information content (AvgIpc) is 3.35. The first kappa shape index (κ1) is 21.1. The highest BCUT2D eigenvalue weighted by atomic mass is 79.9. The van der Waals surface area contributed by atoms with E-state index in [2.05, 4.69) is 31.5 Å². The van der Waals surface area contributed by atoms with Crippen molar-refractivity contribution in [1.82, 2.24) is 14.9 Å². The molecule has 0 fully saturated rings. The molecular formula is C22H18BrClN4O3. The Morgan fingerprint density at radius 3 is 2.77 bits per heavy atom. The van der Waals surface area contributed by atoms with Crippen molar-refractivity contribution < 1.29 is 14.1 Å². The number of carbonyl (C=O) groups is 1. The summed E-state index contributed by atoms with van der Waals surface area (Å²) in [6.45, 7) is 2.42. The van der Waals surface area contributed by atoms with E-state index in [1.165, 1.54) is 0 Å². The molecule has 158 valence electrons. The second-order valence-corrected chi connectivity index (χ2v) is 8.12. The molecule has 4 rings (SSSR count). The van der Waals surface area contributed by atoms with Gasteiger partial charge in [0.05, 0.1) is 29.0 Å². The molecule has 4 aromatic rings. The van der Waals surface area contributed by atoms with Crippen LogP contribution in [0.25, 0.3) is 0 Å². The second-order valence-electron chi connectivity index (χ2n) is 6.79. The van der Waals surface area contributed by atoms with Gasteiger partial charge in [0, 0.05) is 10.7 Å². The van der Waals surface area contributed by atoms with E-state index in [9.17, 15) is 4.79 Å². The fraction of sp³-hybridized carbons (Fsp3) is 0.136. The Labute approximate surface area is 192 Å². The quantitative estimate of drug-likeness (QED) is 0.363. The second kappa shape index (κ2) is 9.36. The number of anilines is 1. The fourth-order valence-corrected chi connectivity index (χ4v) is 3.39. The number of amides is 1. The molecule has 0 saturated heterocycles. The lowest BCUT2D eigenvalue weighted by Crippen LogP contribution is -2.15. The maximum absolute atomic E-state index is 12.8. The summed E-state index contributed by atoms with van der Waals surface area (Å²) >= 11 is 9.55. The maximum Gasteiger partial charge on any atom is 0.278 e. The first-order chi connectivity index (χ1) is 15.0. The van der Waals surface area contributed by atoms with E-state index in [0.29, 0.717) is 34.3 Å². The number of hydrogen-bond donors (Lipinski definition) is 1. The third-order valence-corrected chi connectivity index (χ3v) is 5.40. The monoisotopic (exact) mass is 500 g/mol. The van der Waals surface area contributed by atoms with Crippen molar-refractivity contribution in [3.05, 3.63) is 93.0 Å². The molecule has 0 spiro atoms. The zero-order chi connectivity index (χ0) is 21.8. The number of nitrogens with one attached hydrogen (secondary N) is 1. The Morgan fingerprint density at radius 2 is 2.00 bits per heavy atom. The van der Waals surface area contributed by atoms with Crippen LogP contribution in [0.1, 0.15) is 27.4 Å². The molecule has 0 aliphatic rings. The minimum atomic E-state index is -0.405. The molecule has 0 aliphatic carbocycles. The van der Waals surface area contributed by atoms with Crippen LogP contribution in [0.5, 0.6) is 5.75 Å². The number of hydrogen-bond acceptors (Lipinski definition) is 5. The van der Waals surface area contributed by atoms with Crippen molar-refractivity contribution >= 4 is 39.1 Å². The summed E-state index contributed by atoms with van der Waals surface area (Å²) in [5.41, 5.74) is 2.36. The van der Waals surface area contributed by atoms with Gasteiger partial charge >= 0.3 is 0 Å². The summed E-state index contributed by atoms with van der Waals surface area (Å²) in [4.78, 5) is 12.8. The molecule has 0 bridgehead atoms. The van der Waals surface area contributed by atoms with Gasteiger partial charge in [0.2, 0.25) is 0 Å². The molecule has 31 heavy (non-hydrogen) atoms. The van der Waals surface area contributed by atoms with Crippen LogP contribution < -0.4 is 10.1 Å². The summed E-state index contributed by atoms with van der Waals surface area (Å²) in [6.07, 6.45) is 3.34. The summed E-state index contributed by atoms with van der Waals surface area (Å²) in [5.74, 6) is 0.617. The largest absolute Gasteiger partial charge is 0.487 e. The Kier molecular flexibility index (Phi) is 6.39. The first-order valence-corrected chi connectivity index (χ1v) is 10.6. The van der Waals surface area contributed by atoms with E-state index >= 15 is 0 Å². The maximum atomic E-state index is 12.8. The molecular weight excluding hydrogens is 484 g/mol. The number of carbonyl (C=O) groups excluding carboxylic acids is 1. The van der Waals surface area contributed by atoms with Gasteiger partial charge in [-0.05, 0) is 36.8 Å². The van der Waals surface area contributed by atoms with Crippen LogP contribution in [0.2, 0.25) is 5.02 Å². The molecule has 7 nitrogen and oxygen atoms in total. The van der Waals surface area contributed by atoms with Gasteiger partial charge in [-0.25, -0.2) is 0 Å². The Morgan fingerprint density at radius 1 is 1.23 bits per heavy atom. The minimum absolute atomic E-state index is 0.102. The van der Waals surface area contributed by atoms with E-state index in [0.717, 1.165) is 10.0 Å². The predicted octanol–water partition coefficient (Wildman–Crippen LogP) is 5.48. The van der Waals surface area contributed by atoms with Crippen molar-refractivity contribution in [2.24, 2.45) is 0 Å². The lowest BCUT2D eigenvalue weighted by atomic mass is 10.2. The lowest BCUT2D eigenvalue weighted by molar-refractivity contribution is 0.101. The third-order valence-electron chi connectivity index (χ3n) is 4.56. The molecule has 1 N–H and O–H groups in total. The van der Waals surface area contributed by atoms with Crippen LogP contribution in [0.3, 0.4) is 0 Å². The van der Waals surface area contributed by atoms with Gasteiger partial charge < -0.3 is 14.6 Å². The van der Waals surface area contributed by atoms with Gasteiger partial charge in [0.25, 0.3) is 5.91 Å². The van der Waals surface area contributed by atoms with E-state index in [1.807, 2.05) is 36.4 Å². The Bertz CT molecular complexity index is 1200. The number of benzene rings is 2. The topological polar surface area (TPSA) is 82.2 Å². The molecule has 2 heterocycles. The van der Waals surface area contributed by atoms with Crippen molar-refractivity contribution in [2.45, 2.75) is 20.1 Å². The van der Waals surface area contributed by atoms with Crippen LogP contribution in [-0.2, 0) is 13.2 Å². The van der Waals surface area contributed by atoms with Gasteiger partial charge in [-0.3, -0.25) is 9.48 Å². The van der Waals surface area contributed by atoms with Crippen LogP contribution in [0.4, 0.5) is 5.69 Å². The highest BCUT2D eigenvalue weighted by Gasteiger charge is 2.21. The van der Waals surface area contributed by atoms with Gasteiger partial charge in [0.15, 0.2) is 5.69 Å². The number of halogens is 2. The van der Waals surface area contributed by atoms with Crippen LogP contribution >= 0.6 is 27.5 Å². The van der Waals surface area contributed by atoms with E-state index in [-0.39, 0.29) is 12.3 Å². The van der Waals surface area contributed by atoms with Crippen molar-refractivity contribution in [3.8, 4) is 5.75 Å². The molecule has 2 aromatic carbocycles. The highest BCUT2D eigenvalue weighted by molar-refractivity contribution is 9.10. The minimum Gasteiger partial charge on any atom is -0.487 e. The number of nitrogens with zero attached hydrogens (tertiary/aromatic N) is 3. The smallest absolute Gasteiger partial charge is 0.278 e. The van der Waals surface area contributed by atoms with Gasteiger partial charge in [-0.1, -0.05) is 57.0 Å². The summed E-state index contributed by atoms with van der Waals surface area (Å²) in [6, 6.07) is 15.1. The first-order valence-electron chi connectivity index (χ1n) is 9.40. The van der Waals surface area contributed by atoms with Crippen LogP contribution in [0.15, 0.2) is 69.9 Å². The molecule has 0 atom stereocenters. The molecule has 0 saturated carbocycles. The van der Waals surface area contributed by atoms with Crippen LogP contribution in [-0.4, -0.2) is 20.8 Å². The number of rotatable bonds is 7. The number of aromatic nitrogens is 3. The van der Waals surface area contributed by atoms with Gasteiger partial charge in [-0.15, -0.1) is 0 Å². The van der Waals surface area contributed by atoms with E-state index < -0.39 is 5.91 Å². The zero-order valence-corrected chi connectivity index (χ0v) is 18.9. The predicted molar refractivity (Wildman–Crippen MR) is 120 cm³/mol. The number of ether oxygens (including phenoxy) is 1. The molecule has 0 unspecified atom stereocenters. The number of aryl methyl sites for hydroxylation is 1. The van der Waals surface area contributed by atoms with Crippen molar-refractivity contribution in [2.75, 3.05) is 5.32 Å². The Balaban J connectivity index is 1.43. The van der Waals surface area contributed by atoms with Crippen molar-refractivity contribution in [1.29, 1.82) is 0 Å². The normalized spacial score (nSPS) is 10.8. The standard InChI is InChI=1S/C22H18BrClN4O3/c1-14-18(13-30-20-5-3-2-4-19(20)24)21(27-31-14)22(29)26-17-10-25-28(12-17)11-15-6-8-16(23)9-7-15/h2-10,12H,11,13H2,1H3,(H,26,29). The fourth-order valence-electron chi connectivity index (χ4n) is 2.93. The van der Waals surface area contributed by atoms with E-state index in [4.69, 9.17) is 20.9 Å². The summed E-state index contributed by atoms with van der Waals surface area (Å²) in [5, 5.41) is 11.5. The SMILES string of the molecule is Cc1onc(C(=O)Nc2cnn(Cc3ccc(Br)cc3)c2)c1COc1ccccc1Cl. The van der Waals surface area contributed by atoms with E-state index in [1.54, 1.807) is 36.1 Å².